The van der Waals surface area contributed by atoms with Gasteiger partial charge in [0.1, 0.15) is 5.76 Å². The Balaban J connectivity index is 2.47. The van der Waals surface area contributed by atoms with Crippen molar-refractivity contribution in [1.29, 1.82) is 0 Å². The van der Waals surface area contributed by atoms with Crippen molar-refractivity contribution in [3.63, 3.8) is 0 Å². The summed E-state index contributed by atoms with van der Waals surface area (Å²) < 4.78 is 7.37. The summed E-state index contributed by atoms with van der Waals surface area (Å²) in [5, 5.41) is 8.49. The Morgan fingerprint density at radius 3 is 2.74 bits per heavy atom. The van der Waals surface area contributed by atoms with Gasteiger partial charge in [-0.05, 0) is 33.4 Å². The van der Waals surface area contributed by atoms with E-state index in [9.17, 15) is 0 Å². The van der Waals surface area contributed by atoms with E-state index in [2.05, 4.69) is 31.2 Å². The van der Waals surface area contributed by atoms with E-state index in [4.69, 9.17) is 16.0 Å². The first-order chi connectivity index (χ1) is 9.04. The highest BCUT2D eigenvalue weighted by atomic mass is 35.5. The van der Waals surface area contributed by atoms with Gasteiger partial charge in [0.15, 0.2) is 0 Å². The number of nitrogens with zero attached hydrogens (tertiary/aromatic N) is 2. The average molecular weight is 282 g/mol. The second-order valence-electron chi connectivity index (χ2n) is 4.90. The minimum absolute atomic E-state index is 0.000139. The average Bonchev–Trinajstić information content (AvgIpc) is 2.93. The maximum absolute atomic E-state index is 6.32. The number of hydrogen-bond acceptors (Lipinski definition) is 3. The molecular weight excluding hydrogens is 262 g/mol. The van der Waals surface area contributed by atoms with E-state index in [0.717, 1.165) is 23.6 Å². The predicted octanol–water partition coefficient (Wildman–Crippen LogP) is 3.72. The third kappa shape index (κ3) is 2.85. The summed E-state index contributed by atoms with van der Waals surface area (Å²) >= 11 is 6.32. The van der Waals surface area contributed by atoms with Crippen LogP contribution in [0.2, 0.25) is 5.02 Å². The molecule has 19 heavy (non-hydrogen) atoms. The number of aryl methyl sites for hydroxylation is 1. The number of furan rings is 1. The molecule has 1 atom stereocenters. The van der Waals surface area contributed by atoms with Gasteiger partial charge in [0, 0.05) is 11.6 Å². The van der Waals surface area contributed by atoms with Crippen molar-refractivity contribution in [3.8, 4) is 0 Å². The molecule has 1 unspecified atom stereocenters. The van der Waals surface area contributed by atoms with Gasteiger partial charge in [-0.1, -0.05) is 18.5 Å². The van der Waals surface area contributed by atoms with Crippen molar-refractivity contribution >= 4 is 11.6 Å². The Morgan fingerprint density at radius 2 is 2.21 bits per heavy atom. The molecule has 0 saturated heterocycles. The molecule has 4 nitrogen and oxygen atoms in total. The third-order valence-corrected chi connectivity index (χ3v) is 3.33. The number of halogens is 1. The summed E-state index contributed by atoms with van der Waals surface area (Å²) in [6.07, 6.45) is 3.48. The van der Waals surface area contributed by atoms with E-state index < -0.39 is 0 Å². The van der Waals surface area contributed by atoms with E-state index in [1.54, 1.807) is 12.5 Å². The van der Waals surface area contributed by atoms with Crippen LogP contribution in [-0.2, 0) is 0 Å². The lowest BCUT2D eigenvalue weighted by Crippen LogP contribution is -2.25. The molecule has 0 spiro atoms. The van der Waals surface area contributed by atoms with Crippen LogP contribution in [0.5, 0.6) is 0 Å². The normalized spacial score (nSPS) is 13.2. The van der Waals surface area contributed by atoms with Crippen LogP contribution in [0.1, 0.15) is 49.9 Å². The van der Waals surface area contributed by atoms with Crippen LogP contribution in [0.25, 0.3) is 0 Å². The van der Waals surface area contributed by atoms with Crippen LogP contribution in [0.3, 0.4) is 0 Å². The highest BCUT2D eigenvalue weighted by Crippen LogP contribution is 2.31. The largest absolute Gasteiger partial charge is 0.469 e. The summed E-state index contributed by atoms with van der Waals surface area (Å²) in [5.74, 6) is 0.893. The fourth-order valence-electron chi connectivity index (χ4n) is 2.22. The second kappa shape index (κ2) is 5.80. The van der Waals surface area contributed by atoms with Gasteiger partial charge in [-0.3, -0.25) is 4.68 Å². The molecule has 104 valence electrons. The quantitative estimate of drug-likeness (QED) is 0.908. The Bertz CT molecular complexity index is 545. The second-order valence-corrected chi connectivity index (χ2v) is 5.30. The lowest BCUT2D eigenvalue weighted by atomic mass is 10.1. The summed E-state index contributed by atoms with van der Waals surface area (Å²) in [6, 6.07) is 2.29. The summed E-state index contributed by atoms with van der Waals surface area (Å²) in [7, 11) is 0. The molecule has 0 bridgehead atoms. The maximum Gasteiger partial charge on any atom is 0.101 e. The standard InChI is InChI=1S/C14H20ClN3O/c1-5-16-13(11-6-10(4)19-8-11)14-12(15)7-17-18(14)9(2)3/h6-9,13,16H,5H2,1-4H3. The molecule has 0 aliphatic rings. The van der Waals surface area contributed by atoms with Crippen molar-refractivity contribution < 1.29 is 4.42 Å². The molecule has 0 fully saturated rings. The SMILES string of the molecule is CCNC(c1coc(C)c1)c1c(Cl)cnn1C(C)C. The minimum Gasteiger partial charge on any atom is -0.469 e. The van der Waals surface area contributed by atoms with Gasteiger partial charge in [0.2, 0.25) is 0 Å². The molecule has 0 saturated carbocycles. The van der Waals surface area contributed by atoms with E-state index >= 15 is 0 Å². The number of rotatable bonds is 5. The van der Waals surface area contributed by atoms with Crippen LogP contribution in [0.15, 0.2) is 22.9 Å². The van der Waals surface area contributed by atoms with Gasteiger partial charge in [-0.15, -0.1) is 0 Å². The number of hydrogen-bond donors (Lipinski definition) is 1. The molecule has 0 amide bonds. The van der Waals surface area contributed by atoms with E-state index in [0.29, 0.717) is 5.02 Å². The van der Waals surface area contributed by atoms with E-state index in [1.165, 1.54) is 0 Å². The zero-order valence-corrected chi connectivity index (χ0v) is 12.5. The highest BCUT2D eigenvalue weighted by Gasteiger charge is 2.23. The first kappa shape index (κ1) is 14.2. The molecule has 0 aliphatic heterocycles. The summed E-state index contributed by atoms with van der Waals surface area (Å²) in [6.45, 7) is 9.04. The molecular formula is C14H20ClN3O. The molecule has 1 N–H and O–H groups in total. The lowest BCUT2D eigenvalue weighted by molar-refractivity contribution is 0.472. The fourth-order valence-corrected chi connectivity index (χ4v) is 2.46. The molecule has 0 radical (unpaired) electrons. The Morgan fingerprint density at radius 1 is 1.47 bits per heavy atom. The highest BCUT2D eigenvalue weighted by molar-refractivity contribution is 6.31. The van der Waals surface area contributed by atoms with E-state index in [1.807, 2.05) is 17.7 Å². The van der Waals surface area contributed by atoms with Crippen molar-refractivity contribution in [2.45, 2.75) is 39.8 Å². The number of nitrogens with one attached hydrogen (secondary N) is 1. The van der Waals surface area contributed by atoms with Gasteiger partial charge < -0.3 is 9.73 Å². The van der Waals surface area contributed by atoms with Gasteiger partial charge in [0.05, 0.1) is 29.2 Å². The van der Waals surface area contributed by atoms with Crippen molar-refractivity contribution in [2.24, 2.45) is 0 Å². The van der Waals surface area contributed by atoms with Crippen LogP contribution in [0.4, 0.5) is 0 Å². The van der Waals surface area contributed by atoms with Crippen LogP contribution in [0, 0.1) is 6.92 Å². The molecule has 2 heterocycles. The molecule has 0 aromatic carbocycles. The monoisotopic (exact) mass is 281 g/mol. The van der Waals surface area contributed by atoms with Crippen LogP contribution in [-0.4, -0.2) is 16.3 Å². The maximum atomic E-state index is 6.32. The first-order valence-electron chi connectivity index (χ1n) is 6.55. The van der Waals surface area contributed by atoms with Crippen molar-refractivity contribution in [1.82, 2.24) is 15.1 Å². The first-order valence-corrected chi connectivity index (χ1v) is 6.93. The Kier molecular flexibility index (Phi) is 4.32. The van der Waals surface area contributed by atoms with Gasteiger partial charge in [0.25, 0.3) is 0 Å². The molecule has 5 heteroatoms. The summed E-state index contributed by atoms with van der Waals surface area (Å²) in [4.78, 5) is 0. The molecule has 2 aromatic heterocycles. The summed E-state index contributed by atoms with van der Waals surface area (Å²) in [5.41, 5.74) is 2.06. The van der Waals surface area contributed by atoms with E-state index in [-0.39, 0.29) is 12.1 Å². The van der Waals surface area contributed by atoms with Crippen LogP contribution >= 0.6 is 11.6 Å². The Labute approximate surface area is 118 Å². The predicted molar refractivity (Wildman–Crippen MR) is 76.6 cm³/mol. The van der Waals surface area contributed by atoms with Gasteiger partial charge in [-0.25, -0.2) is 0 Å². The number of aromatic nitrogens is 2. The van der Waals surface area contributed by atoms with Crippen molar-refractivity contribution in [2.75, 3.05) is 6.54 Å². The van der Waals surface area contributed by atoms with Crippen LogP contribution < -0.4 is 5.32 Å². The van der Waals surface area contributed by atoms with Gasteiger partial charge >= 0.3 is 0 Å². The Hall–Kier alpha value is -1.26. The zero-order chi connectivity index (χ0) is 14.0. The smallest absolute Gasteiger partial charge is 0.101 e. The fraction of sp³-hybridized carbons (Fsp3) is 0.500. The lowest BCUT2D eigenvalue weighted by Gasteiger charge is -2.20. The molecule has 2 rings (SSSR count). The molecule has 2 aromatic rings. The van der Waals surface area contributed by atoms with Crippen molar-refractivity contribution in [3.05, 3.63) is 40.6 Å². The zero-order valence-electron chi connectivity index (χ0n) is 11.8. The minimum atomic E-state index is -0.000139. The molecule has 0 aliphatic carbocycles. The topological polar surface area (TPSA) is 43.0 Å². The third-order valence-electron chi connectivity index (χ3n) is 3.04. The van der Waals surface area contributed by atoms with Gasteiger partial charge in [-0.2, -0.15) is 5.10 Å².